The van der Waals surface area contributed by atoms with Crippen LogP contribution in [-0.4, -0.2) is 45.7 Å². The Morgan fingerprint density at radius 3 is 2.61 bits per heavy atom. The first-order valence-electron chi connectivity index (χ1n) is 5.77. The van der Waals surface area contributed by atoms with Crippen LogP contribution in [0.1, 0.15) is 23.3 Å². The van der Waals surface area contributed by atoms with Gasteiger partial charge >= 0.3 is 5.97 Å². The van der Waals surface area contributed by atoms with Crippen LogP contribution in [0.15, 0.2) is 23.2 Å². The van der Waals surface area contributed by atoms with E-state index in [0.29, 0.717) is 5.75 Å². The fraction of sp³-hybridized carbons (Fsp3) is 0.417. The van der Waals surface area contributed by atoms with E-state index in [1.54, 1.807) is 6.07 Å². The molecule has 0 bridgehead atoms. The van der Waals surface area contributed by atoms with Crippen molar-refractivity contribution in [3.05, 3.63) is 24.0 Å². The largest absolute Gasteiger partial charge is 0.477 e. The van der Waals surface area contributed by atoms with Gasteiger partial charge in [-0.25, -0.2) is 9.78 Å². The van der Waals surface area contributed by atoms with E-state index in [-0.39, 0.29) is 11.6 Å². The lowest BCUT2D eigenvalue weighted by atomic mass is 10.4. The van der Waals surface area contributed by atoms with Gasteiger partial charge < -0.3 is 10.0 Å². The summed E-state index contributed by atoms with van der Waals surface area (Å²) in [4.78, 5) is 28.9. The predicted octanol–water partition coefficient (Wildman–Crippen LogP) is 1.49. The van der Waals surface area contributed by atoms with E-state index in [4.69, 9.17) is 5.11 Å². The summed E-state index contributed by atoms with van der Waals surface area (Å²) in [7, 11) is 0. The summed E-state index contributed by atoms with van der Waals surface area (Å²) >= 11 is 1.39. The average molecular weight is 266 g/mol. The van der Waals surface area contributed by atoms with E-state index in [2.05, 4.69) is 4.98 Å². The molecule has 1 aromatic heterocycles. The fourth-order valence-electron chi connectivity index (χ4n) is 1.80. The number of carbonyl (C=O) groups excluding carboxylic acids is 1. The third-order valence-corrected chi connectivity index (χ3v) is 3.74. The Bertz CT molecular complexity index is 441. The van der Waals surface area contributed by atoms with E-state index in [1.165, 1.54) is 24.0 Å². The van der Waals surface area contributed by atoms with Crippen molar-refractivity contribution >= 4 is 23.6 Å². The first-order valence-corrected chi connectivity index (χ1v) is 6.75. The molecule has 0 saturated carbocycles. The van der Waals surface area contributed by atoms with E-state index < -0.39 is 5.97 Å². The molecule has 5 nitrogen and oxygen atoms in total. The molecule has 0 spiro atoms. The van der Waals surface area contributed by atoms with Crippen LogP contribution in [0.5, 0.6) is 0 Å². The number of aromatic nitrogens is 1. The van der Waals surface area contributed by atoms with Gasteiger partial charge in [-0.2, -0.15) is 0 Å². The number of hydrogen-bond acceptors (Lipinski definition) is 4. The van der Waals surface area contributed by atoms with Gasteiger partial charge in [-0.05, 0) is 25.0 Å². The molecule has 1 aliphatic heterocycles. The molecule has 1 aromatic rings. The monoisotopic (exact) mass is 266 g/mol. The van der Waals surface area contributed by atoms with Crippen LogP contribution in [0.2, 0.25) is 0 Å². The number of amides is 1. The van der Waals surface area contributed by atoms with Crippen molar-refractivity contribution < 1.29 is 14.7 Å². The summed E-state index contributed by atoms with van der Waals surface area (Å²) in [5, 5.41) is 8.71. The third kappa shape index (κ3) is 3.22. The van der Waals surface area contributed by atoms with Gasteiger partial charge in [0.05, 0.1) is 5.75 Å². The van der Waals surface area contributed by atoms with Crippen molar-refractivity contribution in [2.45, 2.75) is 17.7 Å². The SMILES string of the molecule is O=C(O)c1ccc(SCC(=O)N2CCCC2)cn1. The summed E-state index contributed by atoms with van der Waals surface area (Å²) in [5.41, 5.74) is 0.0187. The number of nitrogens with zero attached hydrogens (tertiary/aromatic N) is 2. The molecule has 1 amide bonds. The average Bonchev–Trinajstić information content (AvgIpc) is 2.90. The highest BCUT2D eigenvalue weighted by molar-refractivity contribution is 8.00. The van der Waals surface area contributed by atoms with Gasteiger partial charge in [0.1, 0.15) is 5.69 Å². The van der Waals surface area contributed by atoms with E-state index in [1.807, 2.05) is 4.90 Å². The molecular weight excluding hydrogens is 252 g/mol. The summed E-state index contributed by atoms with van der Waals surface area (Å²) in [6.07, 6.45) is 3.67. The zero-order chi connectivity index (χ0) is 13.0. The molecular formula is C12H14N2O3S. The first-order chi connectivity index (χ1) is 8.66. The summed E-state index contributed by atoms with van der Waals surface area (Å²) < 4.78 is 0. The van der Waals surface area contributed by atoms with Crippen LogP contribution in [-0.2, 0) is 4.79 Å². The highest BCUT2D eigenvalue weighted by Gasteiger charge is 2.17. The van der Waals surface area contributed by atoms with Gasteiger partial charge in [0.15, 0.2) is 0 Å². The van der Waals surface area contributed by atoms with Crippen LogP contribution < -0.4 is 0 Å². The number of thioether (sulfide) groups is 1. The molecule has 0 unspecified atom stereocenters. The number of carboxylic acid groups (broad SMARTS) is 1. The Balaban J connectivity index is 1.86. The molecule has 0 aromatic carbocycles. The molecule has 0 radical (unpaired) electrons. The highest BCUT2D eigenvalue weighted by Crippen LogP contribution is 2.18. The minimum atomic E-state index is -1.04. The Morgan fingerprint density at radius 2 is 2.06 bits per heavy atom. The summed E-state index contributed by atoms with van der Waals surface area (Å²) in [6.45, 7) is 1.71. The molecule has 1 N–H and O–H groups in total. The fourth-order valence-corrected chi connectivity index (χ4v) is 2.56. The second kappa shape index (κ2) is 5.86. The van der Waals surface area contributed by atoms with Crippen molar-refractivity contribution in [2.75, 3.05) is 18.8 Å². The van der Waals surface area contributed by atoms with Gasteiger partial charge in [0.2, 0.25) is 5.91 Å². The van der Waals surface area contributed by atoms with Gasteiger partial charge in [0, 0.05) is 24.2 Å². The van der Waals surface area contributed by atoms with Gasteiger partial charge in [-0.15, -0.1) is 11.8 Å². The third-order valence-electron chi connectivity index (χ3n) is 2.78. The second-order valence-electron chi connectivity index (χ2n) is 4.06. The minimum Gasteiger partial charge on any atom is -0.477 e. The number of pyridine rings is 1. The van der Waals surface area contributed by atoms with E-state index in [0.717, 1.165) is 30.8 Å². The second-order valence-corrected chi connectivity index (χ2v) is 5.11. The Kier molecular flexibility index (Phi) is 4.19. The number of aromatic carboxylic acids is 1. The van der Waals surface area contributed by atoms with Crippen molar-refractivity contribution in [2.24, 2.45) is 0 Å². The zero-order valence-corrected chi connectivity index (χ0v) is 10.7. The molecule has 1 aliphatic rings. The molecule has 1 fully saturated rings. The molecule has 2 heterocycles. The Hall–Kier alpha value is -1.56. The standard InChI is InChI=1S/C12H14N2O3S/c15-11(14-5-1-2-6-14)8-18-9-3-4-10(12(16)17)13-7-9/h3-4,7H,1-2,5-6,8H2,(H,16,17). The Labute approximate surface area is 109 Å². The van der Waals surface area contributed by atoms with Crippen molar-refractivity contribution in [3.63, 3.8) is 0 Å². The number of hydrogen-bond donors (Lipinski definition) is 1. The molecule has 1 saturated heterocycles. The smallest absolute Gasteiger partial charge is 0.354 e. The maximum Gasteiger partial charge on any atom is 0.354 e. The quantitative estimate of drug-likeness (QED) is 0.836. The zero-order valence-electron chi connectivity index (χ0n) is 9.83. The lowest BCUT2D eigenvalue weighted by Crippen LogP contribution is -2.29. The topological polar surface area (TPSA) is 70.5 Å². The molecule has 6 heteroatoms. The van der Waals surface area contributed by atoms with E-state index >= 15 is 0 Å². The van der Waals surface area contributed by atoms with Crippen LogP contribution in [0.3, 0.4) is 0 Å². The number of carboxylic acids is 1. The minimum absolute atomic E-state index is 0.0187. The molecule has 18 heavy (non-hydrogen) atoms. The maximum absolute atomic E-state index is 11.8. The summed E-state index contributed by atoms with van der Waals surface area (Å²) in [6, 6.07) is 3.13. The van der Waals surface area contributed by atoms with Crippen LogP contribution in [0.25, 0.3) is 0 Å². The van der Waals surface area contributed by atoms with Crippen LogP contribution in [0, 0.1) is 0 Å². The van der Waals surface area contributed by atoms with Crippen LogP contribution in [0.4, 0.5) is 0 Å². The first kappa shape index (κ1) is 12.9. The lowest BCUT2D eigenvalue weighted by Gasteiger charge is -2.14. The predicted molar refractivity (Wildman–Crippen MR) is 67.7 cm³/mol. The normalized spacial score (nSPS) is 14.8. The van der Waals surface area contributed by atoms with E-state index in [9.17, 15) is 9.59 Å². The highest BCUT2D eigenvalue weighted by atomic mass is 32.2. The van der Waals surface area contributed by atoms with Crippen molar-refractivity contribution in [3.8, 4) is 0 Å². The van der Waals surface area contributed by atoms with Gasteiger partial charge in [-0.1, -0.05) is 0 Å². The van der Waals surface area contributed by atoms with Crippen molar-refractivity contribution in [1.29, 1.82) is 0 Å². The molecule has 96 valence electrons. The molecule has 2 rings (SSSR count). The Morgan fingerprint density at radius 1 is 1.33 bits per heavy atom. The number of rotatable bonds is 4. The van der Waals surface area contributed by atoms with Gasteiger partial charge in [0.25, 0.3) is 0 Å². The number of carbonyl (C=O) groups is 2. The lowest BCUT2D eigenvalue weighted by molar-refractivity contribution is -0.127. The van der Waals surface area contributed by atoms with Crippen LogP contribution >= 0.6 is 11.8 Å². The number of likely N-dealkylation sites (tertiary alicyclic amines) is 1. The molecule has 0 atom stereocenters. The molecule has 0 aliphatic carbocycles. The van der Waals surface area contributed by atoms with Gasteiger partial charge in [-0.3, -0.25) is 4.79 Å². The van der Waals surface area contributed by atoms with Crippen molar-refractivity contribution in [1.82, 2.24) is 9.88 Å². The maximum atomic E-state index is 11.8. The summed E-state index contributed by atoms with van der Waals surface area (Å²) in [5.74, 6) is -0.520.